The number of hydrogen-bond acceptors (Lipinski definition) is 2. The molecule has 1 fully saturated rings. The Bertz CT molecular complexity index is 890. The second kappa shape index (κ2) is 7.18. The van der Waals surface area contributed by atoms with Crippen molar-refractivity contribution >= 4 is 17.5 Å². The third kappa shape index (κ3) is 3.36. The van der Waals surface area contributed by atoms with Gasteiger partial charge < -0.3 is 10.2 Å². The minimum absolute atomic E-state index is 0.00198. The molecule has 2 aromatic rings. The molecule has 2 aliphatic rings. The van der Waals surface area contributed by atoms with E-state index in [-0.39, 0.29) is 30.2 Å². The van der Waals surface area contributed by atoms with Gasteiger partial charge in [0.15, 0.2) is 0 Å². The van der Waals surface area contributed by atoms with E-state index in [1.165, 1.54) is 11.1 Å². The second-order valence-corrected chi connectivity index (χ2v) is 7.78. The third-order valence-electron chi connectivity index (χ3n) is 6.05. The van der Waals surface area contributed by atoms with Crippen LogP contribution in [0.4, 0.5) is 5.69 Å². The van der Waals surface area contributed by atoms with E-state index in [1.54, 1.807) is 4.90 Å². The predicted octanol–water partition coefficient (Wildman–Crippen LogP) is 3.85. The van der Waals surface area contributed by atoms with Crippen LogP contribution in [-0.2, 0) is 16.0 Å². The molecule has 4 nitrogen and oxygen atoms in total. The first kappa shape index (κ1) is 17.8. The van der Waals surface area contributed by atoms with Crippen molar-refractivity contribution in [1.82, 2.24) is 5.32 Å². The van der Waals surface area contributed by atoms with E-state index in [4.69, 9.17) is 0 Å². The summed E-state index contributed by atoms with van der Waals surface area (Å²) in [5, 5.41) is 3.22. The molecular weight excluding hydrogens is 336 g/mol. The number of fused-ring (bicyclic) bond motifs is 1. The molecule has 140 valence electrons. The van der Waals surface area contributed by atoms with E-state index < -0.39 is 0 Å². The molecule has 4 rings (SSSR count). The maximum atomic E-state index is 12.9. The number of aryl methyl sites for hydroxylation is 2. The van der Waals surface area contributed by atoms with Crippen LogP contribution in [-0.4, -0.2) is 18.4 Å². The lowest BCUT2D eigenvalue weighted by Gasteiger charge is -2.27. The SMILES string of the molecule is Cc1cccc(N2C[C@H](C(=O)N[C@@H]3CCCc4ccccc43)CC2=O)c1C. The van der Waals surface area contributed by atoms with Crippen molar-refractivity contribution in [2.45, 2.75) is 45.6 Å². The smallest absolute Gasteiger partial charge is 0.227 e. The average molecular weight is 362 g/mol. The normalized spacial score (nSPS) is 21.9. The minimum atomic E-state index is -0.286. The molecule has 0 bridgehead atoms. The molecule has 0 aromatic heterocycles. The molecule has 27 heavy (non-hydrogen) atoms. The first-order valence-electron chi connectivity index (χ1n) is 9.79. The van der Waals surface area contributed by atoms with Crippen molar-refractivity contribution in [2.75, 3.05) is 11.4 Å². The van der Waals surface area contributed by atoms with E-state index in [9.17, 15) is 9.59 Å². The van der Waals surface area contributed by atoms with E-state index in [1.807, 2.05) is 38.1 Å². The quantitative estimate of drug-likeness (QED) is 0.902. The Balaban J connectivity index is 1.48. The standard InChI is InChI=1S/C23H26N2O2/c1-15-7-5-12-21(16(15)2)25-14-18(13-22(25)26)23(27)24-20-11-6-9-17-8-3-4-10-19(17)20/h3-5,7-8,10,12,18,20H,6,9,11,13-14H2,1-2H3,(H,24,27)/t18-,20-/m1/s1. The van der Waals surface area contributed by atoms with E-state index in [2.05, 4.69) is 23.5 Å². The minimum Gasteiger partial charge on any atom is -0.349 e. The molecule has 2 amide bonds. The van der Waals surface area contributed by atoms with Gasteiger partial charge in [0.25, 0.3) is 0 Å². The number of nitrogens with one attached hydrogen (secondary N) is 1. The fraction of sp³-hybridized carbons (Fsp3) is 0.391. The van der Waals surface area contributed by atoms with Crippen molar-refractivity contribution in [3.05, 3.63) is 64.7 Å². The Hall–Kier alpha value is -2.62. The highest BCUT2D eigenvalue weighted by Gasteiger charge is 2.36. The molecule has 1 saturated heterocycles. The molecule has 1 aliphatic heterocycles. The van der Waals surface area contributed by atoms with Gasteiger partial charge in [-0.3, -0.25) is 9.59 Å². The molecule has 1 aliphatic carbocycles. The zero-order valence-electron chi connectivity index (χ0n) is 16.0. The maximum Gasteiger partial charge on any atom is 0.227 e. The Morgan fingerprint density at radius 3 is 2.78 bits per heavy atom. The highest BCUT2D eigenvalue weighted by Crippen LogP contribution is 2.32. The van der Waals surface area contributed by atoms with Gasteiger partial charge in [-0.2, -0.15) is 0 Å². The van der Waals surface area contributed by atoms with Crippen molar-refractivity contribution < 1.29 is 9.59 Å². The van der Waals surface area contributed by atoms with Gasteiger partial charge in [0.2, 0.25) is 11.8 Å². The van der Waals surface area contributed by atoms with E-state index in [0.717, 1.165) is 36.1 Å². The summed E-state index contributed by atoms with van der Waals surface area (Å²) >= 11 is 0. The molecule has 2 atom stereocenters. The Morgan fingerprint density at radius 2 is 1.93 bits per heavy atom. The fourth-order valence-electron chi connectivity index (χ4n) is 4.34. The molecule has 0 unspecified atom stereocenters. The van der Waals surface area contributed by atoms with Crippen LogP contribution in [0.25, 0.3) is 0 Å². The molecule has 4 heteroatoms. The van der Waals surface area contributed by atoms with E-state index >= 15 is 0 Å². The fourth-order valence-corrected chi connectivity index (χ4v) is 4.34. The molecule has 1 N–H and O–H groups in total. The number of nitrogens with zero attached hydrogens (tertiary/aromatic N) is 1. The molecule has 0 saturated carbocycles. The number of benzene rings is 2. The van der Waals surface area contributed by atoms with E-state index in [0.29, 0.717) is 6.54 Å². The number of rotatable bonds is 3. The maximum absolute atomic E-state index is 12.9. The van der Waals surface area contributed by atoms with Gasteiger partial charge in [0.05, 0.1) is 12.0 Å². The summed E-state index contributed by atoms with van der Waals surface area (Å²) in [4.78, 5) is 27.3. The highest BCUT2D eigenvalue weighted by atomic mass is 16.2. The predicted molar refractivity (Wildman–Crippen MR) is 107 cm³/mol. The summed E-state index contributed by atoms with van der Waals surface area (Å²) < 4.78 is 0. The molecule has 0 radical (unpaired) electrons. The Kier molecular flexibility index (Phi) is 4.73. The van der Waals surface area contributed by atoms with Gasteiger partial charge in [0, 0.05) is 18.7 Å². The van der Waals surface area contributed by atoms with Crippen LogP contribution in [0, 0.1) is 19.8 Å². The van der Waals surface area contributed by atoms with Crippen LogP contribution >= 0.6 is 0 Å². The molecule has 1 heterocycles. The van der Waals surface area contributed by atoms with Gasteiger partial charge in [-0.15, -0.1) is 0 Å². The van der Waals surface area contributed by atoms with Crippen LogP contribution in [0.15, 0.2) is 42.5 Å². The summed E-state index contributed by atoms with van der Waals surface area (Å²) in [6.45, 7) is 4.54. The van der Waals surface area contributed by atoms with Crippen molar-refractivity contribution in [2.24, 2.45) is 5.92 Å². The lowest BCUT2D eigenvalue weighted by molar-refractivity contribution is -0.127. The number of hydrogen-bond donors (Lipinski definition) is 1. The van der Waals surface area contributed by atoms with Gasteiger partial charge >= 0.3 is 0 Å². The Labute approximate surface area is 160 Å². The van der Waals surface area contributed by atoms with Gasteiger partial charge in [-0.25, -0.2) is 0 Å². The molecule has 0 spiro atoms. The summed E-state index contributed by atoms with van der Waals surface area (Å²) in [6, 6.07) is 14.4. The van der Waals surface area contributed by atoms with Crippen molar-refractivity contribution in [3.63, 3.8) is 0 Å². The zero-order valence-corrected chi connectivity index (χ0v) is 16.0. The number of carbonyl (C=O) groups excluding carboxylic acids is 2. The summed E-state index contributed by atoms with van der Waals surface area (Å²) in [6.07, 6.45) is 3.41. The second-order valence-electron chi connectivity index (χ2n) is 7.78. The lowest BCUT2D eigenvalue weighted by Crippen LogP contribution is -2.37. The van der Waals surface area contributed by atoms with Crippen molar-refractivity contribution in [1.29, 1.82) is 0 Å². The largest absolute Gasteiger partial charge is 0.349 e. The topological polar surface area (TPSA) is 49.4 Å². The van der Waals surface area contributed by atoms with Crippen LogP contribution < -0.4 is 10.2 Å². The average Bonchev–Trinajstić information content (AvgIpc) is 3.06. The third-order valence-corrected chi connectivity index (χ3v) is 6.05. The Morgan fingerprint density at radius 1 is 1.11 bits per heavy atom. The number of carbonyl (C=O) groups is 2. The number of anilines is 1. The van der Waals surface area contributed by atoms with Crippen LogP contribution in [0.2, 0.25) is 0 Å². The number of amides is 2. The first-order chi connectivity index (χ1) is 13.0. The lowest BCUT2D eigenvalue weighted by atomic mass is 9.87. The van der Waals surface area contributed by atoms with Crippen LogP contribution in [0.1, 0.15) is 47.6 Å². The summed E-state index contributed by atoms with van der Waals surface area (Å²) in [5.74, 6) is -0.253. The summed E-state index contributed by atoms with van der Waals surface area (Å²) in [5.41, 5.74) is 5.75. The zero-order chi connectivity index (χ0) is 19.0. The first-order valence-corrected chi connectivity index (χ1v) is 9.79. The highest BCUT2D eigenvalue weighted by molar-refractivity contribution is 6.01. The van der Waals surface area contributed by atoms with Gasteiger partial charge in [-0.1, -0.05) is 36.4 Å². The summed E-state index contributed by atoms with van der Waals surface area (Å²) in [7, 11) is 0. The van der Waals surface area contributed by atoms with Crippen LogP contribution in [0.3, 0.4) is 0 Å². The monoisotopic (exact) mass is 362 g/mol. The molecular formula is C23H26N2O2. The van der Waals surface area contributed by atoms with Crippen LogP contribution in [0.5, 0.6) is 0 Å². The van der Waals surface area contributed by atoms with Crippen molar-refractivity contribution in [3.8, 4) is 0 Å². The van der Waals surface area contributed by atoms with Gasteiger partial charge in [-0.05, 0) is 61.4 Å². The van der Waals surface area contributed by atoms with Gasteiger partial charge in [0.1, 0.15) is 0 Å². The molecule has 2 aromatic carbocycles.